The van der Waals surface area contributed by atoms with Crippen LogP contribution in [0.5, 0.6) is 0 Å². The van der Waals surface area contributed by atoms with Crippen LogP contribution in [0.3, 0.4) is 0 Å². The van der Waals surface area contributed by atoms with E-state index in [-0.39, 0.29) is 11.6 Å². The van der Waals surface area contributed by atoms with Gasteiger partial charge in [0.2, 0.25) is 0 Å². The highest BCUT2D eigenvalue weighted by Gasteiger charge is 1.99. The van der Waals surface area contributed by atoms with Crippen LogP contribution in [-0.2, 0) is 0 Å². The fourth-order valence-corrected chi connectivity index (χ4v) is 1.81. The first-order valence-electron chi connectivity index (χ1n) is 6.21. The van der Waals surface area contributed by atoms with Gasteiger partial charge >= 0.3 is 0 Å². The third-order valence-electron chi connectivity index (χ3n) is 2.69. The molecule has 4 heteroatoms. The first-order valence-corrected chi connectivity index (χ1v) is 7.13. The summed E-state index contributed by atoms with van der Waals surface area (Å²) in [6.45, 7) is 0. The molecule has 0 radical (unpaired) electrons. The molecule has 0 fully saturated rings. The Hall–Kier alpha value is -2.07. The zero-order valence-electron chi connectivity index (χ0n) is 11.0. The number of nitrogens with zero attached hydrogens (tertiary/aromatic N) is 1. The Morgan fingerprint density at radius 1 is 0.905 bits per heavy atom. The van der Waals surface area contributed by atoms with Crippen LogP contribution in [0.25, 0.3) is 5.70 Å². The Morgan fingerprint density at radius 2 is 1.48 bits per heavy atom. The van der Waals surface area contributed by atoms with Gasteiger partial charge < -0.3 is 0 Å². The molecule has 0 spiro atoms. The minimum atomic E-state index is -0.295. The third kappa shape index (κ3) is 4.76. The molecule has 21 heavy (non-hydrogen) atoms. The molecule has 0 bridgehead atoms. The number of hydrogen-bond acceptors (Lipinski definition) is 1. The van der Waals surface area contributed by atoms with Crippen molar-refractivity contribution in [1.29, 1.82) is 0 Å². The van der Waals surface area contributed by atoms with E-state index in [1.807, 2.05) is 0 Å². The molecule has 0 aliphatic carbocycles. The summed E-state index contributed by atoms with van der Waals surface area (Å²) in [4.78, 5) is 6.08. The molecule has 0 saturated carbocycles. The molecule has 0 aliphatic heterocycles. The highest BCUT2D eigenvalue weighted by atomic mass is 79.9. The predicted molar refractivity (Wildman–Crippen MR) is 86.4 cm³/mol. The molecule has 1 nitrogen and oxygen atoms in total. The minimum absolute atomic E-state index is 0.288. The Kier molecular flexibility index (Phi) is 5.58. The number of rotatable bonds is 4. The standard InChI is InChI=1S/C17H12BrF2N/c18-11-1-2-17(14-5-9-16(20)10-6-14)21-12-13-3-7-15(19)8-4-13/h1-12H/b11-1+,17-2-,21-12?. The molecule has 0 heterocycles. The van der Waals surface area contributed by atoms with Crippen molar-refractivity contribution < 1.29 is 8.78 Å². The molecule has 2 rings (SSSR count). The summed E-state index contributed by atoms with van der Waals surface area (Å²) in [6.07, 6.45) is 5.21. The summed E-state index contributed by atoms with van der Waals surface area (Å²) < 4.78 is 25.8. The van der Waals surface area contributed by atoms with E-state index in [9.17, 15) is 8.78 Å². The maximum atomic E-state index is 13.0. The van der Waals surface area contributed by atoms with Gasteiger partial charge in [0, 0.05) is 11.8 Å². The van der Waals surface area contributed by atoms with E-state index < -0.39 is 0 Å². The lowest BCUT2D eigenvalue weighted by molar-refractivity contribution is 0.627. The summed E-state index contributed by atoms with van der Waals surface area (Å²) in [7, 11) is 0. The van der Waals surface area contributed by atoms with Gasteiger partial charge in [0.25, 0.3) is 0 Å². The zero-order valence-corrected chi connectivity index (χ0v) is 12.6. The van der Waals surface area contributed by atoms with Crippen molar-refractivity contribution in [2.24, 2.45) is 4.99 Å². The molecule has 0 unspecified atom stereocenters. The second kappa shape index (κ2) is 7.64. The van der Waals surface area contributed by atoms with Gasteiger partial charge in [0.1, 0.15) is 11.6 Å². The van der Waals surface area contributed by atoms with E-state index in [4.69, 9.17) is 0 Å². The summed E-state index contributed by atoms with van der Waals surface area (Å²) in [5.41, 5.74) is 2.25. The van der Waals surface area contributed by atoms with Crippen LogP contribution in [-0.4, -0.2) is 6.21 Å². The normalized spacial score (nSPS) is 12.4. The lowest BCUT2D eigenvalue weighted by Crippen LogP contribution is -1.86. The zero-order chi connectivity index (χ0) is 15.1. The van der Waals surface area contributed by atoms with Crippen molar-refractivity contribution >= 4 is 27.8 Å². The average molecular weight is 348 g/mol. The highest BCUT2D eigenvalue weighted by Crippen LogP contribution is 2.17. The van der Waals surface area contributed by atoms with Crippen LogP contribution in [0.4, 0.5) is 8.78 Å². The summed E-state index contributed by atoms with van der Waals surface area (Å²) in [6, 6.07) is 12.1. The molecule has 0 atom stereocenters. The van der Waals surface area contributed by atoms with Crippen LogP contribution in [0, 0.1) is 11.6 Å². The Bertz CT molecular complexity index is 671. The van der Waals surface area contributed by atoms with E-state index in [0.29, 0.717) is 5.70 Å². The molecule has 0 saturated heterocycles. The number of hydrogen-bond donors (Lipinski definition) is 0. The van der Waals surface area contributed by atoms with Gasteiger partial charge in [-0.25, -0.2) is 8.78 Å². The van der Waals surface area contributed by atoms with Crippen molar-refractivity contribution in [3.63, 3.8) is 0 Å². The monoisotopic (exact) mass is 347 g/mol. The van der Waals surface area contributed by atoms with Crippen molar-refractivity contribution in [3.8, 4) is 0 Å². The Labute approximate surface area is 130 Å². The van der Waals surface area contributed by atoms with Crippen molar-refractivity contribution in [2.75, 3.05) is 0 Å². The van der Waals surface area contributed by atoms with Crippen LogP contribution in [0.2, 0.25) is 0 Å². The van der Waals surface area contributed by atoms with Gasteiger partial charge in [0.05, 0.1) is 5.70 Å². The molecule has 2 aromatic rings. The number of halogens is 3. The fraction of sp³-hybridized carbons (Fsp3) is 0. The number of benzene rings is 2. The van der Waals surface area contributed by atoms with Gasteiger partial charge in [-0.05, 0) is 53.0 Å². The molecule has 106 valence electrons. The van der Waals surface area contributed by atoms with Gasteiger partial charge in [-0.2, -0.15) is 0 Å². The van der Waals surface area contributed by atoms with Gasteiger partial charge in [0.15, 0.2) is 0 Å². The van der Waals surface area contributed by atoms with Crippen LogP contribution in [0.15, 0.2) is 70.7 Å². The topological polar surface area (TPSA) is 12.4 Å². The molecule has 0 aliphatic rings. The third-order valence-corrected chi connectivity index (χ3v) is 2.99. The van der Waals surface area contributed by atoms with Crippen LogP contribution < -0.4 is 0 Å². The first-order chi connectivity index (χ1) is 10.2. The largest absolute Gasteiger partial charge is 0.256 e. The van der Waals surface area contributed by atoms with E-state index in [1.54, 1.807) is 47.6 Å². The SMILES string of the molecule is Fc1ccc(C=N/C(=C\C=C\Br)c2ccc(F)cc2)cc1. The molecular formula is C17H12BrF2N. The van der Waals surface area contributed by atoms with E-state index in [2.05, 4.69) is 20.9 Å². The molecule has 0 aromatic heterocycles. The molecule has 0 amide bonds. The van der Waals surface area contributed by atoms with E-state index in [1.165, 1.54) is 24.3 Å². The van der Waals surface area contributed by atoms with Gasteiger partial charge in [-0.1, -0.05) is 34.1 Å². The smallest absolute Gasteiger partial charge is 0.123 e. The van der Waals surface area contributed by atoms with Crippen molar-refractivity contribution in [3.05, 3.63) is 88.4 Å². The lowest BCUT2D eigenvalue weighted by Gasteiger charge is -2.01. The van der Waals surface area contributed by atoms with Crippen LogP contribution in [0.1, 0.15) is 11.1 Å². The second-order valence-electron chi connectivity index (χ2n) is 4.19. The summed E-state index contributed by atoms with van der Waals surface area (Å²) in [5.74, 6) is -0.583. The average Bonchev–Trinajstić information content (AvgIpc) is 2.50. The van der Waals surface area contributed by atoms with Crippen molar-refractivity contribution in [1.82, 2.24) is 0 Å². The van der Waals surface area contributed by atoms with E-state index >= 15 is 0 Å². The van der Waals surface area contributed by atoms with Crippen LogP contribution >= 0.6 is 15.9 Å². The molecular weight excluding hydrogens is 336 g/mol. The summed E-state index contributed by atoms with van der Waals surface area (Å²) >= 11 is 3.19. The Balaban J connectivity index is 2.28. The fourth-order valence-electron chi connectivity index (χ4n) is 1.65. The summed E-state index contributed by atoms with van der Waals surface area (Å²) in [5, 5.41) is 0. The maximum Gasteiger partial charge on any atom is 0.123 e. The van der Waals surface area contributed by atoms with Gasteiger partial charge in [-0.15, -0.1) is 0 Å². The molecule has 0 N–H and O–H groups in total. The molecule has 2 aromatic carbocycles. The second-order valence-corrected chi connectivity index (χ2v) is 4.72. The van der Waals surface area contributed by atoms with E-state index in [0.717, 1.165) is 11.1 Å². The Morgan fingerprint density at radius 3 is 2.05 bits per heavy atom. The minimum Gasteiger partial charge on any atom is -0.256 e. The predicted octanol–water partition coefficient (Wildman–Crippen LogP) is 5.33. The number of allylic oxidation sites excluding steroid dienone is 2. The van der Waals surface area contributed by atoms with Crippen molar-refractivity contribution in [2.45, 2.75) is 0 Å². The lowest BCUT2D eigenvalue weighted by atomic mass is 10.1. The highest BCUT2D eigenvalue weighted by molar-refractivity contribution is 9.11. The van der Waals surface area contributed by atoms with Gasteiger partial charge in [-0.3, -0.25) is 4.99 Å². The quantitative estimate of drug-likeness (QED) is 0.523. The first kappa shape index (κ1) is 15.3. The maximum absolute atomic E-state index is 13.0. The number of aliphatic imine (C=N–C) groups is 1.